The average molecular weight is 309 g/mol. The predicted molar refractivity (Wildman–Crippen MR) is 71.6 cm³/mol. The molecule has 106 valence electrons. The first-order chi connectivity index (χ1) is 9.47. The van der Waals surface area contributed by atoms with Crippen LogP contribution in [0.15, 0.2) is 12.2 Å². The van der Waals surface area contributed by atoms with Crippen molar-refractivity contribution in [2.45, 2.75) is 66.5 Å². The van der Waals surface area contributed by atoms with E-state index in [-0.39, 0.29) is 6.04 Å². The number of carbonyl (C=O) groups excluding carboxylic acids is 1. The number of nitrogens with one attached hydrogen (secondary N) is 1. The van der Waals surface area contributed by atoms with Crippen molar-refractivity contribution < 1.29 is 11.3 Å². The van der Waals surface area contributed by atoms with Crippen molar-refractivity contribution in [3.8, 4) is 0 Å². The molecule has 0 radical (unpaired) electrons. The van der Waals surface area contributed by atoms with Gasteiger partial charge in [-0.2, -0.15) is 0 Å². The molecule has 11 aliphatic rings. The van der Waals surface area contributed by atoms with E-state index in [9.17, 15) is 4.79 Å². The van der Waals surface area contributed by atoms with Crippen molar-refractivity contribution in [3.63, 3.8) is 0 Å². The van der Waals surface area contributed by atoms with Crippen LogP contribution in [0, 0.1) is 0 Å². The molecule has 0 aromatic carbocycles. The van der Waals surface area contributed by atoms with Crippen LogP contribution in [0.3, 0.4) is 0 Å². The summed E-state index contributed by atoms with van der Waals surface area (Å²) >= 11 is 0. The van der Waals surface area contributed by atoms with Crippen LogP contribution in [0.2, 0.25) is 47.7 Å². The van der Waals surface area contributed by atoms with Gasteiger partial charge in [-0.1, -0.05) is 0 Å². The first-order valence-electron chi connectivity index (χ1n) is 8.65. The van der Waals surface area contributed by atoms with Crippen LogP contribution in [-0.2, 0) is 11.3 Å². The molecule has 11 saturated heterocycles. The summed E-state index contributed by atoms with van der Waals surface area (Å²) in [5.41, 5.74) is 1.23. The molecule has 0 aromatic heterocycles. The van der Waals surface area contributed by atoms with E-state index in [1.807, 2.05) is 0 Å². The van der Waals surface area contributed by atoms with Crippen molar-refractivity contribution >= 4 is 5.78 Å². The zero-order valence-corrected chi connectivity index (χ0v) is 12.5. The van der Waals surface area contributed by atoms with Crippen LogP contribution in [0.1, 0.15) is 12.8 Å². The minimum atomic E-state index is -3.12. The van der Waals surface area contributed by atoms with E-state index >= 15 is 0 Å². The Hall–Kier alpha value is -0.111. The number of rotatable bonds is 3. The Morgan fingerprint density at radius 3 is 2.00 bits per heavy atom. The standard InChI is InChI=1S/C12H14NO.C5H5.Fe/c1-9(10-5-2-3-6-10)12(14)11-7-4-8-13-11;1-2-4-5-3-1;/h2-3,5-6,11,13H,1,4,7-8H2;1-5H;. The molecule has 0 bridgehead atoms. The van der Waals surface area contributed by atoms with Crippen LogP contribution in [0.4, 0.5) is 0 Å². The van der Waals surface area contributed by atoms with Gasteiger partial charge in [0.25, 0.3) is 0 Å². The van der Waals surface area contributed by atoms with Gasteiger partial charge in [0.05, 0.1) is 0 Å². The fraction of sp³-hybridized carbons (Fsp3) is 0.824. The van der Waals surface area contributed by atoms with Gasteiger partial charge in [0.2, 0.25) is 0 Å². The molecule has 11 aliphatic heterocycles. The zero-order valence-electron chi connectivity index (χ0n) is 11.4. The average Bonchev–Trinajstić information content (AvgIpc) is 3.38. The second kappa shape index (κ2) is 0.732. The van der Waals surface area contributed by atoms with Crippen LogP contribution in [0.25, 0.3) is 0 Å². The van der Waals surface area contributed by atoms with E-state index in [1.165, 1.54) is 55.3 Å². The maximum atomic E-state index is 13.1. The van der Waals surface area contributed by atoms with Crippen molar-refractivity contribution in [1.29, 1.82) is 0 Å². The number of hydrogen-bond acceptors (Lipinski definition) is 2. The van der Waals surface area contributed by atoms with E-state index in [4.69, 9.17) is 0 Å². The summed E-state index contributed by atoms with van der Waals surface area (Å²) in [7, 11) is 0. The monoisotopic (exact) mass is 309 g/mol. The fourth-order valence-electron chi connectivity index (χ4n) is 18.3. The Kier molecular flexibility index (Phi) is 0.291. The topological polar surface area (TPSA) is 29.1 Å². The first kappa shape index (κ1) is 7.94. The number of fused-ring (bicyclic) bond motifs is 10. The molecule has 1 spiro atoms. The van der Waals surface area contributed by atoms with Crippen LogP contribution in [-0.4, -0.2) is 18.4 Å². The molecule has 11 fully saturated rings. The van der Waals surface area contributed by atoms with Crippen LogP contribution in [0.5, 0.6) is 0 Å². The molecule has 2 nitrogen and oxygen atoms in total. The van der Waals surface area contributed by atoms with Crippen LogP contribution < -0.4 is 5.32 Å². The summed E-state index contributed by atoms with van der Waals surface area (Å²) in [5.74, 6) is 0.482. The normalized spacial score (nSPS) is 110. The summed E-state index contributed by atoms with van der Waals surface area (Å²) in [5, 5.41) is 3.45. The molecule has 0 saturated carbocycles. The molecule has 5 unspecified atom stereocenters. The third-order valence-corrected chi connectivity index (χ3v) is 59.2. The van der Waals surface area contributed by atoms with Crippen LogP contribution >= 0.6 is 0 Å². The zero-order chi connectivity index (χ0) is 12.6. The Balaban J connectivity index is 1.30. The van der Waals surface area contributed by atoms with E-state index in [1.54, 1.807) is 0 Å². The molecular formula is C17H19FeNO. The fourth-order valence-corrected chi connectivity index (χ4v) is 92.6. The third kappa shape index (κ3) is 0.0933. The van der Waals surface area contributed by atoms with Crippen molar-refractivity contribution in [1.82, 2.24) is 5.32 Å². The quantitative estimate of drug-likeness (QED) is 0.637. The molecule has 20 heavy (non-hydrogen) atoms. The van der Waals surface area contributed by atoms with Crippen molar-refractivity contribution in [2.75, 3.05) is 6.54 Å². The minimum absolute atomic E-state index is 0.155. The van der Waals surface area contributed by atoms with E-state index in [0.717, 1.165) is 13.0 Å². The van der Waals surface area contributed by atoms with Gasteiger partial charge in [0, 0.05) is 0 Å². The molecule has 0 aromatic rings. The SMILES string of the molecule is C=C(C(=O)C1CCCN1)[C]12[CH]3[CH]4[CH]5[CH]1[Fe]45321678[CH]2[CH]1[CH]6[CH]7[CH]28. The number of hydrogen-bond donors (Lipinski definition) is 1. The van der Waals surface area contributed by atoms with Gasteiger partial charge in [-0.15, -0.1) is 0 Å². The number of carbonyl (C=O) groups is 1. The van der Waals surface area contributed by atoms with E-state index in [2.05, 4.69) is 11.9 Å². The molecule has 11 rings (SSSR count). The van der Waals surface area contributed by atoms with Gasteiger partial charge < -0.3 is 0 Å². The Morgan fingerprint density at radius 1 is 1.05 bits per heavy atom. The van der Waals surface area contributed by atoms with Gasteiger partial charge in [-0.3, -0.25) is 0 Å². The summed E-state index contributed by atoms with van der Waals surface area (Å²) in [6.07, 6.45) is 2.26. The van der Waals surface area contributed by atoms with Gasteiger partial charge in [0.15, 0.2) is 0 Å². The molecule has 0 aliphatic carbocycles. The first-order valence-corrected chi connectivity index (χ1v) is 14.9. The van der Waals surface area contributed by atoms with Gasteiger partial charge in [-0.25, -0.2) is 0 Å². The molecule has 3 heteroatoms. The molecular weight excluding hydrogens is 290 g/mol. The van der Waals surface area contributed by atoms with Gasteiger partial charge in [0.1, 0.15) is 0 Å². The summed E-state index contributed by atoms with van der Waals surface area (Å²) in [6, 6.07) is 0.155. The Bertz CT molecular complexity index is 1050. The second-order valence-corrected chi connectivity index (χ2v) is 35.7. The maximum absolute atomic E-state index is 13.1. The second-order valence-electron chi connectivity index (χ2n) is 12.2. The molecule has 5 atom stereocenters. The number of Topliss-reactive ketones (excluding diaryl/α,β-unsaturated/α-hetero) is 1. The third-order valence-electron chi connectivity index (χ3n) is 16.8. The Morgan fingerprint density at radius 2 is 1.65 bits per heavy atom. The van der Waals surface area contributed by atoms with Gasteiger partial charge >= 0.3 is 108 Å². The summed E-state index contributed by atoms with van der Waals surface area (Å²) in [6.45, 7) is 2.46. The summed E-state index contributed by atoms with van der Waals surface area (Å²) < 4.78 is 0.598. The van der Waals surface area contributed by atoms with Crippen molar-refractivity contribution in [2.24, 2.45) is 0 Å². The Labute approximate surface area is 108 Å². The van der Waals surface area contributed by atoms with E-state index < -0.39 is 6.51 Å². The van der Waals surface area contributed by atoms with Crippen molar-refractivity contribution in [3.05, 3.63) is 12.2 Å². The number of ketones is 1. The molecule has 11 heterocycles. The van der Waals surface area contributed by atoms with Gasteiger partial charge in [-0.05, 0) is 0 Å². The predicted octanol–water partition coefficient (Wildman–Crippen LogP) is 3.62. The molecule has 1 N–H and O–H groups in total. The molecule has 0 amide bonds. The summed E-state index contributed by atoms with van der Waals surface area (Å²) in [4.78, 5) is 24.6. The van der Waals surface area contributed by atoms with E-state index in [0.29, 0.717) is 10.1 Å².